The third kappa shape index (κ3) is 2.90. The average molecular weight is 223 g/mol. The summed E-state index contributed by atoms with van der Waals surface area (Å²) in [6.45, 7) is 0. The minimum Gasteiger partial charge on any atom is -0.479 e. The number of hydrogen-bond acceptors (Lipinski definition) is 3. The lowest BCUT2D eigenvalue weighted by atomic mass is 10.2. The van der Waals surface area contributed by atoms with E-state index in [9.17, 15) is 18.0 Å². The van der Waals surface area contributed by atoms with Gasteiger partial charge in [-0.15, -0.1) is 13.2 Å². The van der Waals surface area contributed by atoms with Crippen molar-refractivity contribution in [2.24, 2.45) is 0 Å². The quantitative estimate of drug-likeness (QED) is 0.767. The van der Waals surface area contributed by atoms with Gasteiger partial charge in [-0.1, -0.05) is 12.2 Å². The number of nitrogens with zero attached hydrogens (tertiary/aromatic N) is 1. The maximum atomic E-state index is 11.9. The van der Waals surface area contributed by atoms with Crippen LogP contribution in [0.3, 0.4) is 0 Å². The van der Waals surface area contributed by atoms with E-state index in [0.29, 0.717) is 0 Å². The second kappa shape index (κ2) is 3.84. The van der Waals surface area contributed by atoms with Crippen molar-refractivity contribution in [3.8, 4) is 0 Å². The van der Waals surface area contributed by atoms with Crippen LogP contribution in [0.25, 0.3) is 0 Å². The van der Waals surface area contributed by atoms with Crippen molar-refractivity contribution < 1.29 is 27.8 Å². The van der Waals surface area contributed by atoms with Crippen molar-refractivity contribution in [1.82, 2.24) is 4.90 Å². The van der Waals surface area contributed by atoms with Crippen molar-refractivity contribution in [3.05, 3.63) is 24.1 Å². The molecule has 0 aromatic rings. The van der Waals surface area contributed by atoms with Crippen molar-refractivity contribution in [2.45, 2.75) is 12.4 Å². The molecule has 1 aliphatic heterocycles. The fraction of sp³-hybridized carbons (Fsp3) is 0.375. The highest BCUT2D eigenvalue weighted by atomic mass is 19.4. The molecular weight excluding hydrogens is 215 g/mol. The summed E-state index contributed by atoms with van der Waals surface area (Å²) in [4.78, 5) is 11.5. The Labute approximate surface area is 83.2 Å². The van der Waals surface area contributed by atoms with Crippen molar-refractivity contribution >= 4 is 5.97 Å². The second-order valence-corrected chi connectivity index (χ2v) is 2.83. The average Bonchev–Trinajstić information content (AvgIpc) is 2.05. The van der Waals surface area contributed by atoms with Gasteiger partial charge in [0.25, 0.3) is 0 Å². The first-order valence-electron chi connectivity index (χ1n) is 3.91. The van der Waals surface area contributed by atoms with Crippen LogP contribution < -0.4 is 0 Å². The smallest absolute Gasteiger partial charge is 0.479 e. The molecule has 7 heteroatoms. The standard InChI is InChI=1S/C8H8F3NO3/c1-12-5(7(13)14)3-2-4-6(12)15-8(9,10)11/h2-5H,1H3,(H,13,14). The number of carboxylic acids is 1. The molecule has 1 atom stereocenters. The number of allylic oxidation sites excluding steroid dienone is 2. The van der Waals surface area contributed by atoms with Gasteiger partial charge in [0.2, 0.25) is 0 Å². The number of likely N-dealkylation sites (N-methyl/N-ethyl adjacent to an activating group) is 1. The molecule has 0 saturated carbocycles. The predicted molar refractivity (Wildman–Crippen MR) is 43.5 cm³/mol. The van der Waals surface area contributed by atoms with Crippen molar-refractivity contribution in [3.63, 3.8) is 0 Å². The van der Waals surface area contributed by atoms with Gasteiger partial charge in [0.05, 0.1) is 0 Å². The minimum absolute atomic E-state index is 0.544. The molecule has 84 valence electrons. The van der Waals surface area contributed by atoms with Gasteiger partial charge in [0, 0.05) is 7.05 Å². The van der Waals surface area contributed by atoms with Gasteiger partial charge < -0.3 is 14.7 Å². The molecule has 0 aromatic carbocycles. The number of carboxylic acid groups (broad SMARTS) is 1. The molecule has 0 bridgehead atoms. The van der Waals surface area contributed by atoms with E-state index in [2.05, 4.69) is 4.74 Å². The zero-order chi connectivity index (χ0) is 11.6. The van der Waals surface area contributed by atoms with Crippen LogP contribution in [-0.4, -0.2) is 35.4 Å². The SMILES string of the molecule is CN1C(OC(F)(F)F)=CC=CC1C(=O)O. The Hall–Kier alpha value is -1.66. The summed E-state index contributed by atoms with van der Waals surface area (Å²) in [5.41, 5.74) is 0. The lowest BCUT2D eigenvalue weighted by Gasteiger charge is -2.28. The van der Waals surface area contributed by atoms with Crippen LogP contribution in [0.15, 0.2) is 24.1 Å². The lowest BCUT2D eigenvalue weighted by Crippen LogP contribution is -2.39. The molecule has 1 unspecified atom stereocenters. The summed E-state index contributed by atoms with van der Waals surface area (Å²) < 4.78 is 39.3. The largest absolute Gasteiger partial charge is 0.574 e. The van der Waals surface area contributed by atoms with E-state index >= 15 is 0 Å². The highest BCUT2D eigenvalue weighted by molar-refractivity contribution is 5.76. The Morgan fingerprint density at radius 2 is 2.20 bits per heavy atom. The van der Waals surface area contributed by atoms with E-state index in [1.54, 1.807) is 0 Å². The number of rotatable bonds is 2. The first-order valence-corrected chi connectivity index (χ1v) is 3.91. The molecule has 1 N–H and O–H groups in total. The van der Waals surface area contributed by atoms with E-state index in [0.717, 1.165) is 11.0 Å². The number of carbonyl (C=O) groups is 1. The number of ether oxygens (including phenoxy) is 1. The summed E-state index contributed by atoms with van der Waals surface area (Å²) in [6.07, 6.45) is -1.31. The topological polar surface area (TPSA) is 49.8 Å². The van der Waals surface area contributed by atoms with Crippen LogP contribution in [0, 0.1) is 0 Å². The number of aliphatic carboxylic acids is 1. The molecule has 0 radical (unpaired) electrons. The third-order valence-electron chi connectivity index (χ3n) is 1.77. The minimum atomic E-state index is -4.83. The Balaban J connectivity index is 2.79. The van der Waals surface area contributed by atoms with Gasteiger partial charge in [0.1, 0.15) is 6.04 Å². The summed E-state index contributed by atoms with van der Waals surface area (Å²) >= 11 is 0. The highest BCUT2D eigenvalue weighted by Crippen LogP contribution is 2.25. The van der Waals surface area contributed by atoms with Crippen LogP contribution in [0.1, 0.15) is 0 Å². The molecule has 15 heavy (non-hydrogen) atoms. The van der Waals surface area contributed by atoms with E-state index in [-0.39, 0.29) is 0 Å². The molecule has 0 fully saturated rings. The van der Waals surface area contributed by atoms with Crippen LogP contribution in [0.2, 0.25) is 0 Å². The maximum Gasteiger partial charge on any atom is 0.574 e. The normalized spacial score (nSPS) is 21.2. The maximum absolute atomic E-state index is 11.9. The number of alkyl halides is 3. The Morgan fingerprint density at radius 1 is 1.60 bits per heavy atom. The van der Waals surface area contributed by atoms with Gasteiger partial charge >= 0.3 is 12.3 Å². The molecule has 1 rings (SSSR count). The van der Waals surface area contributed by atoms with Crippen LogP contribution in [0.5, 0.6) is 0 Å². The highest BCUT2D eigenvalue weighted by Gasteiger charge is 2.36. The second-order valence-electron chi connectivity index (χ2n) is 2.83. The molecule has 0 amide bonds. The summed E-state index contributed by atoms with van der Waals surface area (Å²) in [6, 6.07) is -1.15. The Kier molecular flexibility index (Phi) is 2.92. The van der Waals surface area contributed by atoms with Crippen LogP contribution >= 0.6 is 0 Å². The van der Waals surface area contributed by atoms with E-state index in [1.807, 2.05) is 0 Å². The van der Waals surface area contributed by atoms with Gasteiger partial charge in [-0.25, -0.2) is 4.79 Å². The zero-order valence-electron chi connectivity index (χ0n) is 7.65. The first kappa shape index (κ1) is 11.4. The fourth-order valence-electron chi connectivity index (χ4n) is 1.10. The predicted octanol–water partition coefficient (Wildman–Crippen LogP) is 1.32. The van der Waals surface area contributed by atoms with E-state index in [4.69, 9.17) is 5.11 Å². The number of halogens is 3. The summed E-state index contributed by atoms with van der Waals surface area (Å²) in [5, 5.41) is 8.67. The zero-order valence-corrected chi connectivity index (χ0v) is 7.65. The van der Waals surface area contributed by atoms with E-state index < -0.39 is 24.3 Å². The first-order chi connectivity index (χ1) is 6.81. The van der Waals surface area contributed by atoms with E-state index in [1.165, 1.54) is 19.2 Å². The molecule has 0 aromatic heterocycles. The molecule has 1 heterocycles. The van der Waals surface area contributed by atoms with Crippen molar-refractivity contribution in [2.75, 3.05) is 7.05 Å². The lowest BCUT2D eigenvalue weighted by molar-refractivity contribution is -0.314. The van der Waals surface area contributed by atoms with Crippen molar-refractivity contribution in [1.29, 1.82) is 0 Å². The van der Waals surface area contributed by atoms with Gasteiger partial charge in [-0.2, -0.15) is 0 Å². The summed E-state index contributed by atoms with van der Waals surface area (Å²) in [5.74, 6) is -1.79. The monoisotopic (exact) mass is 223 g/mol. The Morgan fingerprint density at radius 3 is 2.67 bits per heavy atom. The van der Waals surface area contributed by atoms with Gasteiger partial charge in [-0.05, 0) is 6.08 Å². The fourth-order valence-corrected chi connectivity index (χ4v) is 1.10. The van der Waals surface area contributed by atoms with Crippen LogP contribution in [0.4, 0.5) is 13.2 Å². The molecule has 0 spiro atoms. The molecule has 4 nitrogen and oxygen atoms in total. The molecule has 0 aliphatic carbocycles. The Bertz CT molecular complexity index is 322. The summed E-state index contributed by atoms with van der Waals surface area (Å²) in [7, 11) is 1.21. The molecule has 1 aliphatic rings. The third-order valence-corrected chi connectivity index (χ3v) is 1.77. The molecular formula is C8H8F3NO3. The van der Waals surface area contributed by atoms with Gasteiger partial charge in [-0.3, -0.25) is 0 Å². The number of hydrogen-bond donors (Lipinski definition) is 1. The molecule has 0 saturated heterocycles. The van der Waals surface area contributed by atoms with Crippen LogP contribution in [-0.2, 0) is 9.53 Å². The van der Waals surface area contributed by atoms with Gasteiger partial charge in [0.15, 0.2) is 5.88 Å².